The lowest BCUT2D eigenvalue weighted by atomic mass is 10.0. The summed E-state index contributed by atoms with van der Waals surface area (Å²) in [6.07, 6.45) is -0.681. The second-order valence-electron chi connectivity index (χ2n) is 6.68. The van der Waals surface area contributed by atoms with E-state index < -0.39 is 24.0 Å². The van der Waals surface area contributed by atoms with Crippen molar-refractivity contribution >= 4 is 11.9 Å². The molecule has 2 N–H and O–H groups in total. The molecule has 0 saturated heterocycles. The number of aliphatic carboxylic acids is 1. The topological polar surface area (TPSA) is 75.6 Å². The highest BCUT2D eigenvalue weighted by atomic mass is 19.1. The molecule has 0 aliphatic heterocycles. The van der Waals surface area contributed by atoms with Gasteiger partial charge in [-0.3, -0.25) is 4.79 Å². The van der Waals surface area contributed by atoms with E-state index in [1.54, 1.807) is 26.0 Å². The molecule has 0 aromatic heterocycles. The Kier molecular flexibility index (Phi) is 7.49. The molecule has 2 aromatic rings. The molecule has 0 heterocycles. The smallest absolute Gasteiger partial charge is 0.326 e. The van der Waals surface area contributed by atoms with Crippen molar-refractivity contribution in [3.63, 3.8) is 0 Å². The van der Waals surface area contributed by atoms with E-state index in [0.717, 1.165) is 11.1 Å². The van der Waals surface area contributed by atoms with Crippen molar-refractivity contribution in [1.82, 2.24) is 5.32 Å². The van der Waals surface area contributed by atoms with E-state index in [1.807, 2.05) is 30.3 Å². The van der Waals surface area contributed by atoms with Gasteiger partial charge in [-0.1, -0.05) is 56.3 Å². The van der Waals surface area contributed by atoms with E-state index in [4.69, 9.17) is 4.74 Å². The standard InChI is InChI=1S/C21H24FNO4/c1-14(2)19(21(25)26)23-20(24)18(12-15-8-10-17(22)11-9-15)27-13-16-6-4-3-5-7-16/h3-11,14,18-19H,12-13H2,1-2H3,(H,23,24)(H,25,26)/t18-,19-/m0/s1. The van der Waals surface area contributed by atoms with Gasteiger partial charge in [0.25, 0.3) is 0 Å². The van der Waals surface area contributed by atoms with Crippen LogP contribution in [0.5, 0.6) is 0 Å². The number of hydrogen-bond donors (Lipinski definition) is 2. The number of benzene rings is 2. The number of ether oxygens (including phenoxy) is 1. The molecule has 5 nitrogen and oxygen atoms in total. The van der Waals surface area contributed by atoms with Crippen LogP contribution in [-0.4, -0.2) is 29.1 Å². The minimum Gasteiger partial charge on any atom is -0.480 e. The van der Waals surface area contributed by atoms with Gasteiger partial charge in [-0.05, 0) is 29.2 Å². The molecule has 1 amide bonds. The van der Waals surface area contributed by atoms with Crippen molar-refractivity contribution in [3.05, 3.63) is 71.5 Å². The van der Waals surface area contributed by atoms with Gasteiger partial charge < -0.3 is 15.2 Å². The Balaban J connectivity index is 2.12. The van der Waals surface area contributed by atoms with E-state index in [1.165, 1.54) is 12.1 Å². The summed E-state index contributed by atoms with van der Waals surface area (Å²) in [5, 5.41) is 11.9. The Morgan fingerprint density at radius 2 is 1.67 bits per heavy atom. The highest BCUT2D eigenvalue weighted by Crippen LogP contribution is 2.12. The number of rotatable bonds is 9. The summed E-state index contributed by atoms with van der Waals surface area (Å²) in [7, 11) is 0. The molecule has 0 fully saturated rings. The fraction of sp³-hybridized carbons (Fsp3) is 0.333. The van der Waals surface area contributed by atoms with Crippen LogP contribution < -0.4 is 5.32 Å². The largest absolute Gasteiger partial charge is 0.480 e. The zero-order valence-corrected chi connectivity index (χ0v) is 15.4. The SMILES string of the molecule is CC(C)[C@H](NC(=O)[C@H](Cc1ccc(F)cc1)OCc1ccccc1)C(=O)O. The Labute approximate surface area is 158 Å². The second-order valence-corrected chi connectivity index (χ2v) is 6.68. The van der Waals surface area contributed by atoms with Gasteiger partial charge in [0.1, 0.15) is 18.0 Å². The van der Waals surface area contributed by atoms with E-state index in [9.17, 15) is 19.1 Å². The monoisotopic (exact) mass is 373 g/mol. The van der Waals surface area contributed by atoms with E-state index in [0.29, 0.717) is 0 Å². The first-order valence-corrected chi connectivity index (χ1v) is 8.80. The molecule has 0 spiro atoms. The number of carbonyl (C=O) groups is 2. The van der Waals surface area contributed by atoms with Crippen LogP contribution in [0.2, 0.25) is 0 Å². The van der Waals surface area contributed by atoms with Gasteiger partial charge in [-0.25, -0.2) is 9.18 Å². The third-order valence-electron chi connectivity index (χ3n) is 4.15. The zero-order valence-electron chi connectivity index (χ0n) is 15.4. The van der Waals surface area contributed by atoms with E-state index in [-0.39, 0.29) is 24.8 Å². The minimum atomic E-state index is -1.10. The Morgan fingerprint density at radius 1 is 1.04 bits per heavy atom. The van der Waals surface area contributed by atoms with Crippen LogP contribution in [0.3, 0.4) is 0 Å². The maximum absolute atomic E-state index is 13.1. The Morgan fingerprint density at radius 3 is 2.22 bits per heavy atom. The molecule has 0 radical (unpaired) electrons. The van der Waals surface area contributed by atoms with Crippen molar-refractivity contribution in [2.45, 2.75) is 39.0 Å². The summed E-state index contributed by atoms with van der Waals surface area (Å²) < 4.78 is 18.9. The van der Waals surface area contributed by atoms with Crippen LogP contribution in [0, 0.1) is 11.7 Å². The first kappa shape index (κ1) is 20.6. The van der Waals surface area contributed by atoms with E-state index in [2.05, 4.69) is 5.32 Å². The molecule has 2 rings (SSSR count). The summed E-state index contributed by atoms with van der Waals surface area (Å²) in [4.78, 5) is 24.1. The van der Waals surface area contributed by atoms with Crippen LogP contribution >= 0.6 is 0 Å². The molecule has 0 saturated carbocycles. The van der Waals surface area contributed by atoms with Gasteiger partial charge in [-0.2, -0.15) is 0 Å². The third-order valence-corrected chi connectivity index (χ3v) is 4.15. The first-order valence-electron chi connectivity index (χ1n) is 8.80. The average molecular weight is 373 g/mol. The lowest BCUT2D eigenvalue weighted by Crippen LogP contribution is -2.49. The maximum Gasteiger partial charge on any atom is 0.326 e. The lowest BCUT2D eigenvalue weighted by molar-refractivity contribution is -0.146. The van der Waals surface area contributed by atoms with Crippen LogP contribution in [0.15, 0.2) is 54.6 Å². The number of nitrogens with one attached hydrogen (secondary N) is 1. The Hall–Kier alpha value is -2.73. The van der Waals surface area contributed by atoms with Crippen molar-refractivity contribution in [2.24, 2.45) is 5.92 Å². The van der Waals surface area contributed by atoms with Crippen LogP contribution in [0.25, 0.3) is 0 Å². The van der Waals surface area contributed by atoms with Gasteiger partial charge in [0.2, 0.25) is 5.91 Å². The molecular weight excluding hydrogens is 349 g/mol. The molecule has 144 valence electrons. The summed E-state index contributed by atoms with van der Waals surface area (Å²) in [6, 6.07) is 14.2. The predicted octanol–water partition coefficient (Wildman–Crippen LogP) is 3.18. The van der Waals surface area contributed by atoms with Crippen molar-refractivity contribution in [1.29, 1.82) is 0 Å². The van der Waals surface area contributed by atoms with Gasteiger partial charge in [0.15, 0.2) is 0 Å². The van der Waals surface area contributed by atoms with E-state index >= 15 is 0 Å². The number of carboxylic acids is 1. The quantitative estimate of drug-likeness (QED) is 0.708. The number of hydrogen-bond acceptors (Lipinski definition) is 3. The molecular formula is C21H24FNO4. The highest BCUT2D eigenvalue weighted by Gasteiger charge is 2.28. The van der Waals surface area contributed by atoms with Gasteiger partial charge in [-0.15, -0.1) is 0 Å². The fourth-order valence-electron chi connectivity index (χ4n) is 2.59. The molecule has 0 aliphatic rings. The molecule has 2 aromatic carbocycles. The summed E-state index contributed by atoms with van der Waals surface area (Å²) in [5.74, 6) is -2.24. The third kappa shape index (κ3) is 6.49. The average Bonchev–Trinajstić information content (AvgIpc) is 2.64. The van der Waals surface area contributed by atoms with Gasteiger partial charge >= 0.3 is 5.97 Å². The normalized spacial score (nSPS) is 13.2. The zero-order chi connectivity index (χ0) is 19.8. The summed E-state index contributed by atoms with van der Waals surface area (Å²) in [6.45, 7) is 3.65. The van der Waals surface area contributed by atoms with Crippen LogP contribution in [0.1, 0.15) is 25.0 Å². The molecule has 0 bridgehead atoms. The number of carboxylic acid groups (broad SMARTS) is 1. The summed E-state index contributed by atoms with van der Waals surface area (Å²) >= 11 is 0. The Bertz CT molecular complexity index is 747. The molecule has 2 atom stereocenters. The highest BCUT2D eigenvalue weighted by molar-refractivity contribution is 5.86. The number of carbonyl (C=O) groups excluding carboxylic acids is 1. The predicted molar refractivity (Wildman–Crippen MR) is 99.5 cm³/mol. The number of halogens is 1. The molecule has 0 aliphatic carbocycles. The maximum atomic E-state index is 13.1. The van der Waals surface area contributed by atoms with Crippen molar-refractivity contribution in [2.75, 3.05) is 0 Å². The first-order chi connectivity index (χ1) is 12.9. The van der Waals surface area contributed by atoms with Crippen molar-refractivity contribution in [3.8, 4) is 0 Å². The lowest BCUT2D eigenvalue weighted by Gasteiger charge is -2.23. The van der Waals surface area contributed by atoms with Crippen LogP contribution in [-0.2, 0) is 27.4 Å². The molecule has 6 heteroatoms. The summed E-state index contributed by atoms with van der Waals surface area (Å²) in [5.41, 5.74) is 1.62. The van der Waals surface area contributed by atoms with Gasteiger partial charge in [0, 0.05) is 6.42 Å². The second kappa shape index (κ2) is 9.83. The van der Waals surface area contributed by atoms with Crippen LogP contribution in [0.4, 0.5) is 4.39 Å². The minimum absolute atomic E-state index is 0.208. The number of amides is 1. The molecule has 0 unspecified atom stereocenters. The van der Waals surface area contributed by atoms with Crippen molar-refractivity contribution < 1.29 is 23.8 Å². The van der Waals surface area contributed by atoms with Gasteiger partial charge in [0.05, 0.1) is 6.61 Å². The fourth-order valence-corrected chi connectivity index (χ4v) is 2.59. The molecule has 27 heavy (non-hydrogen) atoms.